The van der Waals surface area contributed by atoms with Crippen LogP contribution in [0.5, 0.6) is 0 Å². The largest absolute Gasteiger partial charge is 0.375 e. The van der Waals surface area contributed by atoms with Gasteiger partial charge in [0.15, 0.2) is 0 Å². The first-order valence-corrected chi connectivity index (χ1v) is 7.41. The summed E-state index contributed by atoms with van der Waals surface area (Å²) in [6.07, 6.45) is 1.24. The third-order valence-corrected chi connectivity index (χ3v) is 3.91. The molecule has 0 saturated carbocycles. The molecule has 0 bridgehead atoms. The van der Waals surface area contributed by atoms with E-state index in [1.165, 1.54) is 12.0 Å². The molecule has 0 radical (unpaired) electrons. The highest BCUT2D eigenvalue weighted by Crippen LogP contribution is 2.13. The molecule has 1 fully saturated rings. The molecule has 0 aromatic heterocycles. The number of benzene rings is 1. The molecule has 120 valence electrons. The summed E-state index contributed by atoms with van der Waals surface area (Å²) in [7, 11) is 4.30. The molecule has 2 atom stereocenters. The van der Waals surface area contributed by atoms with E-state index < -0.39 is 0 Å². The Hall–Kier alpha value is -0.650. The summed E-state index contributed by atoms with van der Waals surface area (Å²) < 4.78 is 5.70. The maximum absolute atomic E-state index is 6.16. The van der Waals surface area contributed by atoms with Gasteiger partial charge in [0.2, 0.25) is 0 Å². The lowest BCUT2D eigenvalue weighted by molar-refractivity contribution is 0.0974. The fourth-order valence-corrected chi connectivity index (χ4v) is 2.69. The minimum absolute atomic E-state index is 0. The highest BCUT2D eigenvalue weighted by atomic mass is 35.5. The van der Waals surface area contributed by atoms with Gasteiger partial charge in [0.1, 0.15) is 0 Å². The lowest BCUT2D eigenvalue weighted by Gasteiger charge is -2.22. The molecule has 0 amide bonds. The van der Waals surface area contributed by atoms with Crippen LogP contribution in [0.2, 0.25) is 0 Å². The number of hydrogen-bond donors (Lipinski definition) is 1. The number of hydrogen-bond acceptors (Lipinski definition) is 4. The molecule has 1 aliphatic rings. The topological polar surface area (TPSA) is 41.7 Å². The monoisotopic (exact) mass is 313 g/mol. The summed E-state index contributed by atoms with van der Waals surface area (Å²) in [5.41, 5.74) is 7.36. The molecule has 0 spiro atoms. The first-order valence-electron chi connectivity index (χ1n) is 7.41. The fourth-order valence-electron chi connectivity index (χ4n) is 2.69. The number of nitrogens with two attached hydrogens (primary N) is 1. The Bertz CT molecular complexity index is 388. The zero-order chi connectivity index (χ0) is 14.4. The zero-order valence-corrected chi connectivity index (χ0v) is 13.9. The van der Waals surface area contributed by atoms with Gasteiger partial charge in [-0.15, -0.1) is 12.4 Å². The predicted octanol–water partition coefficient (Wildman–Crippen LogP) is 1.59. The molecule has 2 N–H and O–H groups in total. The van der Waals surface area contributed by atoms with Crippen LogP contribution >= 0.6 is 12.4 Å². The molecule has 1 aromatic carbocycles. The second-order valence-electron chi connectivity index (χ2n) is 5.93. The van der Waals surface area contributed by atoms with E-state index in [1.54, 1.807) is 0 Å². The van der Waals surface area contributed by atoms with Crippen molar-refractivity contribution >= 4 is 12.4 Å². The number of likely N-dealkylation sites (tertiary alicyclic amines) is 1. The Kier molecular flexibility index (Phi) is 8.22. The third-order valence-electron chi connectivity index (χ3n) is 3.91. The van der Waals surface area contributed by atoms with Crippen LogP contribution in [0.4, 0.5) is 0 Å². The highest BCUT2D eigenvalue weighted by Gasteiger charge is 2.24. The van der Waals surface area contributed by atoms with Crippen LogP contribution < -0.4 is 5.73 Å². The molecule has 4 nitrogen and oxygen atoms in total. The van der Waals surface area contributed by atoms with Crippen molar-refractivity contribution in [1.29, 1.82) is 0 Å². The summed E-state index contributed by atoms with van der Waals surface area (Å²) in [6.45, 7) is 4.47. The van der Waals surface area contributed by atoms with Gasteiger partial charge in [0, 0.05) is 25.2 Å². The summed E-state index contributed by atoms with van der Waals surface area (Å²) >= 11 is 0. The van der Waals surface area contributed by atoms with Crippen LogP contribution in [0, 0.1) is 0 Å². The van der Waals surface area contributed by atoms with Crippen molar-refractivity contribution in [2.75, 3.05) is 40.3 Å². The highest BCUT2D eigenvalue weighted by molar-refractivity contribution is 5.85. The summed E-state index contributed by atoms with van der Waals surface area (Å²) in [5, 5.41) is 0. The predicted molar refractivity (Wildman–Crippen MR) is 89.9 cm³/mol. The second-order valence-corrected chi connectivity index (χ2v) is 5.93. The Morgan fingerprint density at radius 3 is 2.67 bits per heavy atom. The van der Waals surface area contributed by atoms with Gasteiger partial charge in [0.05, 0.1) is 13.2 Å². The molecule has 1 aliphatic heterocycles. The van der Waals surface area contributed by atoms with Crippen molar-refractivity contribution in [3.8, 4) is 0 Å². The van der Waals surface area contributed by atoms with Gasteiger partial charge in [-0.25, -0.2) is 0 Å². The molecule has 21 heavy (non-hydrogen) atoms. The summed E-state index contributed by atoms with van der Waals surface area (Å²) in [4.78, 5) is 4.75. The van der Waals surface area contributed by atoms with Crippen LogP contribution in [0.1, 0.15) is 12.0 Å². The van der Waals surface area contributed by atoms with Gasteiger partial charge < -0.3 is 20.3 Å². The smallest absolute Gasteiger partial charge is 0.0717 e. The molecule has 1 saturated heterocycles. The molecular formula is C16H28ClN3O. The van der Waals surface area contributed by atoms with Crippen molar-refractivity contribution < 1.29 is 4.74 Å². The van der Waals surface area contributed by atoms with E-state index in [1.807, 2.05) is 18.2 Å². The molecular weight excluding hydrogens is 286 g/mol. The van der Waals surface area contributed by atoms with Gasteiger partial charge in [0.25, 0.3) is 0 Å². The zero-order valence-electron chi connectivity index (χ0n) is 13.1. The first-order chi connectivity index (χ1) is 9.65. The summed E-state index contributed by atoms with van der Waals surface area (Å²) in [5.74, 6) is 0. The van der Waals surface area contributed by atoms with Gasteiger partial charge in [-0.1, -0.05) is 30.3 Å². The second kappa shape index (κ2) is 9.38. The van der Waals surface area contributed by atoms with Crippen molar-refractivity contribution in [3.63, 3.8) is 0 Å². The van der Waals surface area contributed by atoms with E-state index in [0.29, 0.717) is 19.3 Å². The van der Waals surface area contributed by atoms with Crippen molar-refractivity contribution in [2.24, 2.45) is 5.73 Å². The average Bonchev–Trinajstić information content (AvgIpc) is 2.88. The first kappa shape index (κ1) is 18.4. The van der Waals surface area contributed by atoms with Crippen molar-refractivity contribution in [3.05, 3.63) is 35.9 Å². The van der Waals surface area contributed by atoms with E-state index in [4.69, 9.17) is 10.5 Å². The number of rotatable bonds is 7. The summed E-state index contributed by atoms with van der Waals surface area (Å²) in [6, 6.07) is 11.0. The standard InChI is InChI=1S/C16H27N3O.ClH/c1-18(2)16-8-9-19(11-16)10-15(17)13-20-12-14-6-4-3-5-7-14;/h3-7,15-16H,8-13,17H2,1-2H3;1H/t15-,16-;/m0./s1. The fraction of sp³-hybridized carbons (Fsp3) is 0.625. The maximum atomic E-state index is 6.16. The number of nitrogens with zero attached hydrogens (tertiary/aromatic N) is 2. The van der Waals surface area contributed by atoms with Crippen LogP contribution in [0.25, 0.3) is 0 Å². The van der Waals surface area contributed by atoms with Gasteiger partial charge >= 0.3 is 0 Å². The van der Waals surface area contributed by atoms with Crippen molar-refractivity contribution in [1.82, 2.24) is 9.80 Å². The molecule has 0 aliphatic carbocycles. The number of ether oxygens (including phenoxy) is 1. The normalized spacial score (nSPS) is 20.5. The molecule has 1 heterocycles. The van der Waals surface area contributed by atoms with Crippen LogP contribution in [-0.2, 0) is 11.3 Å². The van der Waals surface area contributed by atoms with E-state index >= 15 is 0 Å². The number of likely N-dealkylation sites (N-methyl/N-ethyl adjacent to an activating group) is 1. The van der Waals surface area contributed by atoms with Crippen molar-refractivity contribution in [2.45, 2.75) is 25.1 Å². The van der Waals surface area contributed by atoms with E-state index in [0.717, 1.165) is 19.6 Å². The minimum atomic E-state index is 0. The van der Waals surface area contributed by atoms with Gasteiger partial charge in [-0.05, 0) is 32.6 Å². The Balaban J connectivity index is 0.00000220. The van der Waals surface area contributed by atoms with E-state index in [-0.39, 0.29) is 18.4 Å². The number of halogens is 1. The van der Waals surface area contributed by atoms with E-state index in [2.05, 4.69) is 36.0 Å². The molecule has 0 unspecified atom stereocenters. The Morgan fingerprint density at radius 2 is 2.05 bits per heavy atom. The minimum Gasteiger partial charge on any atom is -0.375 e. The Morgan fingerprint density at radius 1 is 1.33 bits per heavy atom. The molecule has 2 rings (SSSR count). The van der Waals surface area contributed by atoms with Crippen LogP contribution in [0.3, 0.4) is 0 Å². The Labute approximate surface area is 134 Å². The lowest BCUT2D eigenvalue weighted by atomic mass is 10.2. The third kappa shape index (κ3) is 6.32. The van der Waals surface area contributed by atoms with E-state index in [9.17, 15) is 0 Å². The van der Waals surface area contributed by atoms with Gasteiger partial charge in [-0.2, -0.15) is 0 Å². The SMILES string of the molecule is CN(C)[C@H]1CCN(C[C@H](N)COCc2ccccc2)C1.Cl. The van der Waals surface area contributed by atoms with Gasteiger partial charge in [-0.3, -0.25) is 0 Å². The maximum Gasteiger partial charge on any atom is 0.0717 e. The van der Waals surface area contributed by atoms with Crippen LogP contribution in [-0.4, -0.2) is 62.2 Å². The molecule has 5 heteroatoms. The van der Waals surface area contributed by atoms with Crippen LogP contribution in [0.15, 0.2) is 30.3 Å². The lowest BCUT2D eigenvalue weighted by Crippen LogP contribution is -2.40. The average molecular weight is 314 g/mol. The molecule has 1 aromatic rings. The quantitative estimate of drug-likeness (QED) is 0.830.